The van der Waals surface area contributed by atoms with Crippen LogP contribution in [0.15, 0.2) is 23.1 Å². The summed E-state index contributed by atoms with van der Waals surface area (Å²) < 4.78 is 27.8. The monoisotopic (exact) mass is 304 g/mol. The lowest BCUT2D eigenvalue weighted by Crippen LogP contribution is -2.16. The van der Waals surface area contributed by atoms with Gasteiger partial charge in [0, 0.05) is 10.7 Å². The zero-order chi connectivity index (χ0) is 14.6. The largest absolute Gasteiger partial charge is 0.459 e. The van der Waals surface area contributed by atoms with Crippen LogP contribution < -0.4 is 0 Å². The summed E-state index contributed by atoms with van der Waals surface area (Å²) in [6, 6.07) is 4.15. The maximum Gasteiger partial charge on any atom is 0.338 e. The third-order valence-electron chi connectivity index (χ3n) is 2.71. The van der Waals surface area contributed by atoms with Gasteiger partial charge in [0.2, 0.25) is 0 Å². The molecule has 0 bridgehead atoms. The first-order valence-corrected chi connectivity index (χ1v) is 8.33. The predicted octanol–water partition coefficient (Wildman–Crippen LogP) is 3.27. The van der Waals surface area contributed by atoms with Crippen molar-refractivity contribution < 1.29 is 17.9 Å². The first-order chi connectivity index (χ1) is 8.75. The number of hydrogen-bond acceptors (Lipinski definition) is 4. The van der Waals surface area contributed by atoms with E-state index in [2.05, 4.69) is 0 Å². The molecule has 0 heterocycles. The Morgan fingerprint density at radius 2 is 2.05 bits per heavy atom. The number of rotatable bonds is 5. The van der Waals surface area contributed by atoms with Gasteiger partial charge < -0.3 is 4.74 Å². The Morgan fingerprint density at radius 3 is 2.58 bits per heavy atom. The van der Waals surface area contributed by atoms with Gasteiger partial charge in [-0.25, -0.2) is 13.2 Å². The van der Waals surface area contributed by atoms with Crippen molar-refractivity contribution in [1.82, 2.24) is 0 Å². The molecule has 1 rings (SSSR count). The summed E-state index contributed by atoms with van der Waals surface area (Å²) in [6.07, 6.45) is 1.47. The van der Waals surface area contributed by atoms with Gasteiger partial charge in [-0.05, 0) is 38.0 Å². The Kier molecular flexibility index (Phi) is 5.38. The minimum atomic E-state index is -3.85. The maximum absolute atomic E-state index is 12.0. The van der Waals surface area contributed by atoms with Crippen LogP contribution in [0.3, 0.4) is 0 Å². The van der Waals surface area contributed by atoms with Gasteiger partial charge in [-0.3, -0.25) is 0 Å². The van der Waals surface area contributed by atoms with Crippen LogP contribution in [-0.2, 0) is 13.8 Å². The number of halogens is 1. The van der Waals surface area contributed by atoms with Crippen LogP contribution in [0.4, 0.5) is 0 Å². The smallest absolute Gasteiger partial charge is 0.338 e. The Bertz CT molecular complexity index is 566. The minimum absolute atomic E-state index is 0.102. The van der Waals surface area contributed by atoms with Gasteiger partial charge in [-0.15, -0.1) is 0 Å². The number of hydrogen-bond donors (Lipinski definition) is 0. The maximum atomic E-state index is 12.0. The molecule has 1 aromatic rings. The van der Waals surface area contributed by atoms with E-state index < -0.39 is 15.0 Å². The average molecular weight is 305 g/mol. The highest BCUT2D eigenvalue weighted by Gasteiger charge is 2.18. The van der Waals surface area contributed by atoms with Crippen LogP contribution in [-0.4, -0.2) is 20.5 Å². The third kappa shape index (κ3) is 4.51. The number of benzene rings is 1. The zero-order valence-corrected chi connectivity index (χ0v) is 12.7. The van der Waals surface area contributed by atoms with Crippen molar-refractivity contribution >= 4 is 25.7 Å². The lowest BCUT2D eigenvalue weighted by molar-refractivity contribution is 0.0322. The van der Waals surface area contributed by atoms with Crippen molar-refractivity contribution in [3.63, 3.8) is 0 Å². The number of esters is 1. The summed E-state index contributed by atoms with van der Waals surface area (Å²) in [5, 5.41) is 0. The van der Waals surface area contributed by atoms with Crippen LogP contribution in [0.25, 0.3) is 0 Å². The molecular formula is C13H17ClO4S. The van der Waals surface area contributed by atoms with E-state index in [9.17, 15) is 13.2 Å². The highest BCUT2D eigenvalue weighted by atomic mass is 35.7. The summed E-state index contributed by atoms with van der Waals surface area (Å²) in [7, 11) is 1.41. The SMILES string of the molecule is CCCC(C)OC(=O)c1cc(S(=O)(=O)Cl)ccc1C. The molecule has 19 heavy (non-hydrogen) atoms. The third-order valence-corrected chi connectivity index (χ3v) is 4.07. The molecule has 1 aromatic carbocycles. The predicted molar refractivity (Wildman–Crippen MR) is 74.0 cm³/mol. The van der Waals surface area contributed by atoms with E-state index in [1.54, 1.807) is 13.8 Å². The zero-order valence-electron chi connectivity index (χ0n) is 11.1. The fourth-order valence-corrected chi connectivity index (χ4v) is 2.46. The van der Waals surface area contributed by atoms with E-state index in [0.717, 1.165) is 12.8 Å². The highest BCUT2D eigenvalue weighted by Crippen LogP contribution is 2.20. The molecule has 0 saturated heterocycles. The first-order valence-electron chi connectivity index (χ1n) is 6.02. The normalized spacial score (nSPS) is 13.1. The van der Waals surface area contributed by atoms with E-state index in [0.29, 0.717) is 5.56 Å². The molecule has 0 saturated carbocycles. The molecule has 4 nitrogen and oxygen atoms in total. The van der Waals surface area contributed by atoms with E-state index in [4.69, 9.17) is 15.4 Å². The summed E-state index contributed by atoms with van der Waals surface area (Å²) in [5.74, 6) is -0.527. The fraction of sp³-hybridized carbons (Fsp3) is 0.462. The van der Waals surface area contributed by atoms with Crippen molar-refractivity contribution in [3.8, 4) is 0 Å². The highest BCUT2D eigenvalue weighted by molar-refractivity contribution is 8.13. The molecule has 6 heteroatoms. The molecule has 0 spiro atoms. The topological polar surface area (TPSA) is 60.4 Å². The second-order valence-electron chi connectivity index (χ2n) is 4.42. The minimum Gasteiger partial charge on any atom is -0.459 e. The molecule has 1 atom stereocenters. The molecule has 0 aliphatic heterocycles. The lowest BCUT2D eigenvalue weighted by atomic mass is 10.1. The van der Waals surface area contributed by atoms with Crippen LogP contribution in [0.1, 0.15) is 42.6 Å². The van der Waals surface area contributed by atoms with Gasteiger partial charge in [-0.2, -0.15) is 0 Å². The van der Waals surface area contributed by atoms with Gasteiger partial charge in [0.05, 0.1) is 16.6 Å². The molecule has 0 amide bonds. The van der Waals surface area contributed by atoms with Gasteiger partial charge in [0.1, 0.15) is 0 Å². The Morgan fingerprint density at radius 1 is 1.42 bits per heavy atom. The Hall–Kier alpha value is -1.07. The van der Waals surface area contributed by atoms with Crippen molar-refractivity contribution in [2.45, 2.75) is 44.6 Å². The number of carbonyl (C=O) groups excluding carboxylic acids is 1. The van der Waals surface area contributed by atoms with Crippen LogP contribution in [0.5, 0.6) is 0 Å². The van der Waals surface area contributed by atoms with Gasteiger partial charge >= 0.3 is 5.97 Å². The van der Waals surface area contributed by atoms with Crippen molar-refractivity contribution in [1.29, 1.82) is 0 Å². The van der Waals surface area contributed by atoms with E-state index in [1.807, 2.05) is 6.92 Å². The first kappa shape index (κ1) is 16.0. The summed E-state index contributed by atoms with van der Waals surface area (Å²) in [4.78, 5) is 11.9. The van der Waals surface area contributed by atoms with Gasteiger partial charge in [-0.1, -0.05) is 19.4 Å². The van der Waals surface area contributed by atoms with Crippen LogP contribution >= 0.6 is 10.7 Å². The molecule has 106 valence electrons. The molecule has 0 fully saturated rings. The Balaban J connectivity index is 3.03. The van der Waals surface area contributed by atoms with Crippen molar-refractivity contribution in [3.05, 3.63) is 29.3 Å². The standard InChI is InChI=1S/C13H17ClO4S/c1-4-5-10(3)18-13(15)12-8-11(19(14,16)17)7-6-9(12)2/h6-8,10H,4-5H2,1-3H3. The molecule has 0 aliphatic rings. The quantitative estimate of drug-likeness (QED) is 0.619. The average Bonchev–Trinajstić information content (AvgIpc) is 2.27. The number of aryl methyl sites for hydroxylation is 1. The summed E-state index contributed by atoms with van der Waals surface area (Å²) >= 11 is 0. The van der Waals surface area contributed by atoms with Gasteiger partial charge in [0.15, 0.2) is 0 Å². The fourth-order valence-electron chi connectivity index (χ4n) is 1.68. The Labute approximate surface area is 118 Å². The number of carbonyl (C=O) groups is 1. The lowest BCUT2D eigenvalue weighted by Gasteiger charge is -2.13. The molecule has 1 unspecified atom stereocenters. The molecule has 0 N–H and O–H groups in total. The van der Waals surface area contributed by atoms with Gasteiger partial charge in [0.25, 0.3) is 9.05 Å². The molecule has 0 radical (unpaired) electrons. The van der Waals surface area contributed by atoms with Crippen LogP contribution in [0.2, 0.25) is 0 Å². The summed E-state index contributed by atoms with van der Waals surface area (Å²) in [5.41, 5.74) is 0.877. The molecule has 0 aliphatic carbocycles. The van der Waals surface area contributed by atoms with E-state index in [1.165, 1.54) is 18.2 Å². The van der Waals surface area contributed by atoms with E-state index >= 15 is 0 Å². The second-order valence-corrected chi connectivity index (χ2v) is 6.99. The molecule has 0 aromatic heterocycles. The van der Waals surface area contributed by atoms with Crippen LogP contribution in [0, 0.1) is 6.92 Å². The number of ether oxygens (including phenoxy) is 1. The second kappa shape index (κ2) is 6.39. The van der Waals surface area contributed by atoms with E-state index in [-0.39, 0.29) is 16.6 Å². The van der Waals surface area contributed by atoms with Crippen molar-refractivity contribution in [2.24, 2.45) is 0 Å². The molecular weight excluding hydrogens is 288 g/mol. The summed E-state index contributed by atoms with van der Waals surface area (Å²) in [6.45, 7) is 5.51. The van der Waals surface area contributed by atoms with Crippen molar-refractivity contribution in [2.75, 3.05) is 0 Å².